The first-order chi connectivity index (χ1) is 15.7. The molecule has 2 aromatic heterocycles. The molecule has 6 nitrogen and oxygen atoms in total. The number of alkyl halides is 3. The van der Waals surface area contributed by atoms with Crippen LogP contribution in [0.15, 0.2) is 30.3 Å². The molecule has 4 rings (SSSR count). The van der Waals surface area contributed by atoms with E-state index in [0.717, 1.165) is 54.5 Å². The van der Waals surface area contributed by atoms with Crippen molar-refractivity contribution in [3.05, 3.63) is 63.4 Å². The third-order valence-corrected chi connectivity index (χ3v) is 6.29. The maximum absolute atomic E-state index is 13.2. The van der Waals surface area contributed by atoms with Crippen molar-refractivity contribution < 1.29 is 18.0 Å². The Kier molecular flexibility index (Phi) is 6.47. The number of carbonyl (C=O) groups is 1. The molecule has 1 atom stereocenters. The molecule has 33 heavy (non-hydrogen) atoms. The number of carbonyl (C=O) groups excluding carboxylic acids is 1. The number of rotatable bonds is 6. The van der Waals surface area contributed by atoms with Crippen molar-refractivity contribution in [2.24, 2.45) is 0 Å². The van der Waals surface area contributed by atoms with Gasteiger partial charge in [0, 0.05) is 23.5 Å². The Hall–Kier alpha value is -2.88. The summed E-state index contributed by atoms with van der Waals surface area (Å²) in [7, 11) is 0. The number of benzene rings is 1. The molecule has 0 saturated carbocycles. The van der Waals surface area contributed by atoms with Gasteiger partial charge in [0.1, 0.15) is 12.4 Å². The summed E-state index contributed by atoms with van der Waals surface area (Å²) in [5.41, 5.74) is 2.53. The van der Waals surface area contributed by atoms with Gasteiger partial charge in [-0.05, 0) is 74.7 Å². The van der Waals surface area contributed by atoms with Crippen LogP contribution in [0.3, 0.4) is 0 Å². The second kappa shape index (κ2) is 9.17. The number of aryl methyl sites for hydroxylation is 2. The second-order valence-corrected chi connectivity index (χ2v) is 8.75. The van der Waals surface area contributed by atoms with Gasteiger partial charge in [0.15, 0.2) is 4.77 Å². The van der Waals surface area contributed by atoms with E-state index >= 15 is 0 Å². The van der Waals surface area contributed by atoms with E-state index in [0.29, 0.717) is 16.9 Å². The molecule has 1 aromatic carbocycles. The Balaban J connectivity index is 1.59. The van der Waals surface area contributed by atoms with Crippen LogP contribution in [0.1, 0.15) is 60.6 Å². The minimum Gasteiger partial charge on any atom is -0.348 e. The molecule has 0 fully saturated rings. The van der Waals surface area contributed by atoms with Crippen molar-refractivity contribution in [3.8, 4) is 5.69 Å². The second-order valence-electron chi connectivity index (χ2n) is 8.36. The molecule has 0 aliphatic heterocycles. The van der Waals surface area contributed by atoms with Gasteiger partial charge in [-0.1, -0.05) is 13.0 Å². The van der Waals surface area contributed by atoms with E-state index in [2.05, 4.69) is 15.5 Å². The number of fused-ring (bicyclic) bond motifs is 1. The first kappa shape index (κ1) is 23.3. The van der Waals surface area contributed by atoms with Crippen LogP contribution in [-0.2, 0) is 30.4 Å². The summed E-state index contributed by atoms with van der Waals surface area (Å²) in [6, 6.07) is 7.11. The summed E-state index contributed by atoms with van der Waals surface area (Å²) in [6.45, 7) is 3.98. The van der Waals surface area contributed by atoms with Crippen LogP contribution in [0.4, 0.5) is 13.2 Å². The van der Waals surface area contributed by atoms with E-state index in [1.54, 1.807) is 10.6 Å². The maximum atomic E-state index is 13.2. The van der Waals surface area contributed by atoms with Gasteiger partial charge in [0.25, 0.3) is 0 Å². The number of hydrogen-bond donors (Lipinski definition) is 2. The number of nitrogens with zero attached hydrogens (tertiary/aromatic N) is 3. The highest BCUT2D eigenvalue weighted by molar-refractivity contribution is 7.71. The monoisotopic (exact) mass is 477 g/mol. The quantitative estimate of drug-likeness (QED) is 0.479. The first-order valence-corrected chi connectivity index (χ1v) is 11.4. The van der Waals surface area contributed by atoms with Crippen molar-refractivity contribution in [1.82, 2.24) is 24.6 Å². The van der Waals surface area contributed by atoms with Crippen LogP contribution >= 0.6 is 12.2 Å². The molecule has 1 amide bonds. The molecule has 2 heterocycles. The molecule has 0 radical (unpaired) electrons. The molecule has 1 aliphatic rings. The third kappa shape index (κ3) is 4.75. The van der Waals surface area contributed by atoms with E-state index < -0.39 is 11.7 Å². The number of halogens is 3. The van der Waals surface area contributed by atoms with Gasteiger partial charge >= 0.3 is 6.18 Å². The lowest BCUT2D eigenvalue weighted by Crippen LogP contribution is -2.33. The lowest BCUT2D eigenvalue weighted by atomic mass is 9.92. The van der Waals surface area contributed by atoms with Crippen LogP contribution in [0.25, 0.3) is 5.69 Å². The molecule has 1 aliphatic carbocycles. The molecule has 176 valence electrons. The zero-order valence-corrected chi connectivity index (χ0v) is 19.3. The Bertz CT molecular complexity index is 1220. The fourth-order valence-electron chi connectivity index (χ4n) is 4.54. The van der Waals surface area contributed by atoms with Crippen LogP contribution in [0.2, 0.25) is 0 Å². The molecule has 10 heteroatoms. The summed E-state index contributed by atoms with van der Waals surface area (Å²) < 4.78 is 43.7. The predicted octanol–water partition coefficient (Wildman–Crippen LogP) is 5.20. The SMILES string of the molecule is CCCc1n[nH]c(=S)n1CC(=O)N[C@H]1CCCc2c1cc(C)n2-c1cccc(C(F)(F)F)c1. The van der Waals surface area contributed by atoms with E-state index in [1.165, 1.54) is 12.1 Å². The number of H-pyrrole nitrogens is 1. The van der Waals surface area contributed by atoms with Crippen molar-refractivity contribution in [2.75, 3.05) is 0 Å². The van der Waals surface area contributed by atoms with Crippen molar-refractivity contribution >= 4 is 18.1 Å². The van der Waals surface area contributed by atoms with Gasteiger partial charge in [-0.15, -0.1) is 0 Å². The van der Waals surface area contributed by atoms with Gasteiger partial charge in [0.2, 0.25) is 5.91 Å². The van der Waals surface area contributed by atoms with E-state index in [9.17, 15) is 18.0 Å². The summed E-state index contributed by atoms with van der Waals surface area (Å²) in [5, 5.41) is 10.0. The highest BCUT2D eigenvalue weighted by Gasteiger charge is 2.31. The van der Waals surface area contributed by atoms with Crippen molar-refractivity contribution in [3.63, 3.8) is 0 Å². The Morgan fingerprint density at radius 3 is 2.85 bits per heavy atom. The van der Waals surface area contributed by atoms with Gasteiger partial charge in [-0.3, -0.25) is 14.5 Å². The van der Waals surface area contributed by atoms with Crippen molar-refractivity contribution in [1.29, 1.82) is 0 Å². The van der Waals surface area contributed by atoms with Crippen molar-refractivity contribution in [2.45, 2.75) is 64.7 Å². The number of hydrogen-bond acceptors (Lipinski definition) is 3. The fourth-order valence-corrected chi connectivity index (χ4v) is 4.76. The molecule has 2 N–H and O–H groups in total. The minimum absolute atomic E-state index is 0.0732. The number of amides is 1. The summed E-state index contributed by atoms with van der Waals surface area (Å²) in [5.74, 6) is 0.570. The Morgan fingerprint density at radius 1 is 1.33 bits per heavy atom. The van der Waals surface area contributed by atoms with Crippen LogP contribution in [0.5, 0.6) is 0 Å². The Labute approximate surface area is 194 Å². The standard InChI is InChI=1S/C23H26F3N5OS/c1-3-6-20-28-29-22(33)30(20)13-21(32)27-18-9-5-10-19-17(18)11-14(2)31(19)16-8-4-7-15(12-16)23(24,25)26/h4,7-8,11-12,18H,3,5-6,9-10,13H2,1-2H3,(H,27,32)(H,29,33)/t18-/m0/s1. The lowest BCUT2D eigenvalue weighted by molar-refractivity contribution is -0.137. The maximum Gasteiger partial charge on any atom is 0.416 e. The fraction of sp³-hybridized carbons (Fsp3) is 0.435. The lowest BCUT2D eigenvalue weighted by Gasteiger charge is -2.25. The molecule has 0 bridgehead atoms. The van der Waals surface area contributed by atoms with Gasteiger partial charge in [-0.2, -0.15) is 18.3 Å². The zero-order valence-electron chi connectivity index (χ0n) is 18.5. The number of aromatic nitrogens is 4. The normalized spacial score (nSPS) is 16.0. The first-order valence-electron chi connectivity index (χ1n) is 11.0. The molecular weight excluding hydrogens is 451 g/mol. The Morgan fingerprint density at radius 2 is 2.12 bits per heavy atom. The largest absolute Gasteiger partial charge is 0.416 e. The molecule has 0 saturated heterocycles. The predicted molar refractivity (Wildman–Crippen MR) is 121 cm³/mol. The molecule has 3 aromatic rings. The molecule has 0 spiro atoms. The van der Waals surface area contributed by atoms with E-state index in [-0.39, 0.29) is 18.5 Å². The molecular formula is C23H26F3N5OS. The summed E-state index contributed by atoms with van der Waals surface area (Å²) >= 11 is 5.27. The smallest absolute Gasteiger partial charge is 0.348 e. The van der Waals surface area contributed by atoms with Crippen LogP contribution in [0, 0.1) is 11.7 Å². The van der Waals surface area contributed by atoms with Gasteiger partial charge < -0.3 is 9.88 Å². The van der Waals surface area contributed by atoms with Gasteiger partial charge in [0.05, 0.1) is 11.6 Å². The van der Waals surface area contributed by atoms with E-state index in [1.807, 2.05) is 24.5 Å². The van der Waals surface area contributed by atoms with Crippen LogP contribution < -0.4 is 5.32 Å². The minimum atomic E-state index is -4.40. The molecule has 0 unspecified atom stereocenters. The highest BCUT2D eigenvalue weighted by Crippen LogP contribution is 2.36. The topological polar surface area (TPSA) is 67.6 Å². The van der Waals surface area contributed by atoms with Crippen LogP contribution in [-0.4, -0.2) is 25.2 Å². The van der Waals surface area contributed by atoms with E-state index in [4.69, 9.17) is 12.2 Å². The summed E-state index contributed by atoms with van der Waals surface area (Å²) in [6.07, 6.45) is -0.476. The summed E-state index contributed by atoms with van der Waals surface area (Å²) in [4.78, 5) is 12.9. The third-order valence-electron chi connectivity index (χ3n) is 5.98. The number of nitrogens with one attached hydrogen (secondary N) is 2. The highest BCUT2D eigenvalue weighted by atomic mass is 32.1. The average Bonchev–Trinajstić information content (AvgIpc) is 3.28. The zero-order chi connectivity index (χ0) is 23.8. The van der Waals surface area contributed by atoms with Gasteiger partial charge in [-0.25, -0.2) is 0 Å². The number of aromatic amines is 1. The average molecular weight is 478 g/mol.